The average molecular weight is 476 g/mol. The van der Waals surface area contributed by atoms with Crippen LogP contribution in [0.1, 0.15) is 68.1 Å². The van der Waals surface area contributed by atoms with Gasteiger partial charge in [-0.05, 0) is 74.3 Å². The maximum absolute atomic E-state index is 14.0. The number of hydrogen-bond donors (Lipinski definition) is 1. The van der Waals surface area contributed by atoms with E-state index in [4.69, 9.17) is 23.2 Å². The summed E-state index contributed by atoms with van der Waals surface area (Å²) in [6, 6.07) is 2.76. The predicted molar refractivity (Wildman–Crippen MR) is 117 cm³/mol. The van der Waals surface area contributed by atoms with Gasteiger partial charge in [-0.2, -0.15) is 0 Å². The zero-order valence-electron chi connectivity index (χ0n) is 16.9. The third-order valence-corrected chi connectivity index (χ3v) is 10.1. The molecule has 0 heterocycles. The maximum atomic E-state index is 14.0. The normalized spacial score (nSPS) is 27.1. The molecular formula is C22H28Cl2FNO3S. The van der Waals surface area contributed by atoms with Gasteiger partial charge in [0, 0.05) is 6.54 Å². The van der Waals surface area contributed by atoms with E-state index in [1.807, 2.05) is 0 Å². The number of carbonyl (C=O) groups excluding carboxylic acids is 1. The molecule has 0 unspecified atom stereocenters. The number of nitrogens with one attached hydrogen (secondary N) is 1. The molecule has 8 heteroatoms. The minimum absolute atomic E-state index is 0.0702. The fraction of sp³-hybridized carbons (Fsp3) is 0.682. The predicted octanol–water partition coefficient (Wildman–Crippen LogP) is 5.42. The van der Waals surface area contributed by atoms with E-state index in [-0.39, 0.29) is 26.3 Å². The van der Waals surface area contributed by atoms with E-state index < -0.39 is 21.6 Å². The lowest BCUT2D eigenvalue weighted by atomic mass is 9.70. The van der Waals surface area contributed by atoms with E-state index >= 15 is 0 Å². The Kier molecular flexibility index (Phi) is 6.40. The summed E-state index contributed by atoms with van der Waals surface area (Å²) >= 11 is 11.7. The Labute approximate surface area is 187 Å². The van der Waals surface area contributed by atoms with Gasteiger partial charge in [0.25, 0.3) is 5.91 Å². The van der Waals surface area contributed by atoms with Gasteiger partial charge in [-0.15, -0.1) is 0 Å². The number of amides is 1. The van der Waals surface area contributed by atoms with Crippen LogP contribution in [0, 0.1) is 23.1 Å². The summed E-state index contributed by atoms with van der Waals surface area (Å²) in [6.07, 6.45) is 8.39. The van der Waals surface area contributed by atoms with E-state index in [0.29, 0.717) is 37.0 Å². The van der Waals surface area contributed by atoms with Crippen molar-refractivity contribution in [1.29, 1.82) is 0 Å². The molecule has 0 radical (unpaired) electrons. The highest BCUT2D eigenvalue weighted by Gasteiger charge is 2.43. The van der Waals surface area contributed by atoms with Crippen molar-refractivity contribution in [2.45, 2.75) is 63.0 Å². The van der Waals surface area contributed by atoms with Crippen LogP contribution in [-0.2, 0) is 9.84 Å². The Morgan fingerprint density at radius 2 is 1.70 bits per heavy atom. The Hall–Kier alpha value is -0.850. The summed E-state index contributed by atoms with van der Waals surface area (Å²) in [5.74, 6) is 0.161. The topological polar surface area (TPSA) is 63.2 Å². The first-order valence-corrected chi connectivity index (χ1v) is 13.3. The first kappa shape index (κ1) is 22.3. The third kappa shape index (κ3) is 5.13. The van der Waals surface area contributed by atoms with Crippen LogP contribution in [0.2, 0.25) is 10.0 Å². The highest BCUT2D eigenvalue weighted by atomic mass is 35.5. The van der Waals surface area contributed by atoms with Gasteiger partial charge in [-0.3, -0.25) is 4.79 Å². The zero-order valence-corrected chi connectivity index (χ0v) is 19.3. The molecule has 1 amide bonds. The summed E-state index contributed by atoms with van der Waals surface area (Å²) in [5.41, 5.74) is -0.0271. The number of halogens is 3. The quantitative estimate of drug-likeness (QED) is 0.510. The highest BCUT2D eigenvalue weighted by Crippen LogP contribution is 2.49. The fourth-order valence-corrected chi connectivity index (χ4v) is 7.44. The molecule has 3 saturated carbocycles. The average Bonchev–Trinajstić information content (AvgIpc) is 3.63. The minimum atomic E-state index is -3.03. The Bertz CT molecular complexity index is 921. The van der Waals surface area contributed by atoms with Crippen LogP contribution < -0.4 is 5.32 Å². The summed E-state index contributed by atoms with van der Waals surface area (Å²) in [6.45, 7) is 0.457. The van der Waals surface area contributed by atoms with Gasteiger partial charge in [-0.1, -0.05) is 36.0 Å². The first-order valence-electron chi connectivity index (χ1n) is 10.8. The number of benzene rings is 1. The van der Waals surface area contributed by atoms with Gasteiger partial charge in [0.1, 0.15) is 0 Å². The monoisotopic (exact) mass is 475 g/mol. The van der Waals surface area contributed by atoms with Crippen molar-refractivity contribution in [2.24, 2.45) is 17.3 Å². The molecule has 4 nitrogen and oxygen atoms in total. The van der Waals surface area contributed by atoms with Gasteiger partial charge in [0.05, 0.1) is 26.6 Å². The molecule has 0 saturated heterocycles. The minimum Gasteiger partial charge on any atom is -0.351 e. The van der Waals surface area contributed by atoms with Gasteiger partial charge < -0.3 is 5.32 Å². The molecule has 0 bridgehead atoms. The van der Waals surface area contributed by atoms with Gasteiger partial charge >= 0.3 is 0 Å². The van der Waals surface area contributed by atoms with Crippen molar-refractivity contribution in [1.82, 2.24) is 5.32 Å². The van der Waals surface area contributed by atoms with Crippen molar-refractivity contribution in [2.75, 3.05) is 12.3 Å². The number of hydrogen-bond acceptors (Lipinski definition) is 3. The van der Waals surface area contributed by atoms with Crippen LogP contribution >= 0.6 is 23.2 Å². The molecule has 1 N–H and O–H groups in total. The molecular weight excluding hydrogens is 448 g/mol. The molecule has 3 aliphatic carbocycles. The Morgan fingerprint density at radius 3 is 2.30 bits per heavy atom. The third-order valence-electron chi connectivity index (χ3n) is 6.99. The van der Waals surface area contributed by atoms with Crippen molar-refractivity contribution < 1.29 is 17.6 Å². The van der Waals surface area contributed by atoms with Crippen molar-refractivity contribution in [3.05, 3.63) is 33.6 Å². The van der Waals surface area contributed by atoms with Crippen molar-refractivity contribution in [3.63, 3.8) is 0 Å². The molecule has 0 atom stereocenters. The smallest absolute Gasteiger partial charge is 0.252 e. The zero-order chi connectivity index (χ0) is 21.5. The second-order valence-corrected chi connectivity index (χ2v) is 12.6. The maximum Gasteiger partial charge on any atom is 0.252 e. The van der Waals surface area contributed by atoms with E-state index in [9.17, 15) is 17.6 Å². The van der Waals surface area contributed by atoms with Gasteiger partial charge in [-0.25, -0.2) is 12.8 Å². The molecule has 1 aromatic rings. The summed E-state index contributed by atoms with van der Waals surface area (Å²) in [4.78, 5) is 12.7. The van der Waals surface area contributed by atoms with Crippen LogP contribution in [0.15, 0.2) is 12.1 Å². The second-order valence-electron chi connectivity index (χ2n) is 9.53. The Morgan fingerprint density at radius 1 is 1.07 bits per heavy atom. The lowest BCUT2D eigenvalue weighted by molar-refractivity contribution is 0.0895. The van der Waals surface area contributed by atoms with E-state index in [1.165, 1.54) is 25.0 Å². The summed E-state index contributed by atoms with van der Waals surface area (Å²) in [7, 11) is -3.03. The van der Waals surface area contributed by atoms with Crippen molar-refractivity contribution in [3.8, 4) is 0 Å². The van der Waals surface area contributed by atoms with Crippen LogP contribution in [0.3, 0.4) is 0 Å². The molecule has 4 rings (SSSR count). The lowest BCUT2D eigenvalue weighted by Crippen LogP contribution is -2.43. The van der Waals surface area contributed by atoms with Crippen LogP contribution in [0.5, 0.6) is 0 Å². The van der Waals surface area contributed by atoms with Gasteiger partial charge in [0.15, 0.2) is 15.7 Å². The van der Waals surface area contributed by atoms with Gasteiger partial charge in [0.2, 0.25) is 0 Å². The first-order chi connectivity index (χ1) is 14.2. The van der Waals surface area contributed by atoms with Crippen molar-refractivity contribution >= 4 is 38.9 Å². The second kappa shape index (κ2) is 8.59. The molecule has 0 spiro atoms. The number of sulfone groups is 1. The summed E-state index contributed by atoms with van der Waals surface area (Å²) < 4.78 is 39.3. The van der Waals surface area contributed by atoms with Crippen LogP contribution in [0.4, 0.5) is 4.39 Å². The summed E-state index contributed by atoms with van der Waals surface area (Å²) in [5, 5.41) is 2.30. The molecule has 1 aromatic carbocycles. The van der Waals surface area contributed by atoms with Crippen LogP contribution in [0.25, 0.3) is 0 Å². The highest BCUT2D eigenvalue weighted by molar-refractivity contribution is 7.92. The van der Waals surface area contributed by atoms with E-state index in [0.717, 1.165) is 32.1 Å². The molecule has 0 aliphatic heterocycles. The molecule has 166 valence electrons. The van der Waals surface area contributed by atoms with E-state index in [2.05, 4.69) is 5.32 Å². The Balaban J connectivity index is 1.41. The van der Waals surface area contributed by atoms with E-state index in [1.54, 1.807) is 0 Å². The van der Waals surface area contributed by atoms with Crippen LogP contribution in [-0.4, -0.2) is 31.9 Å². The molecule has 30 heavy (non-hydrogen) atoms. The number of carbonyl (C=O) groups is 1. The molecule has 0 aromatic heterocycles. The molecule has 3 aliphatic rings. The SMILES string of the molecule is O=C(NCC1(CC2CC2)CCC(S(=O)(=O)CC2CC2)CC1)c1ccc(Cl)c(F)c1Cl. The standard InChI is InChI=1S/C22H28Cl2FNO3S/c23-18-6-5-17(19(24)20(18)25)21(27)26-13-22(11-14-1-2-14)9-7-16(8-10-22)30(28,29)12-15-3-4-15/h5-6,14-16H,1-4,7-13H2,(H,26,27). The lowest BCUT2D eigenvalue weighted by Gasteiger charge is -2.40. The largest absolute Gasteiger partial charge is 0.351 e. The fourth-order valence-electron chi connectivity index (χ4n) is 4.76. The number of rotatable bonds is 8. The molecule has 3 fully saturated rings.